The average Bonchev–Trinajstić information content (AvgIpc) is 2.39. The van der Waals surface area contributed by atoms with Crippen molar-refractivity contribution in [3.05, 3.63) is 0 Å². The largest absolute Gasteiger partial charge is 0.395 e. The second kappa shape index (κ2) is 4.19. The molecule has 0 spiro atoms. The Kier molecular flexibility index (Phi) is 3.13. The fraction of sp³-hybridized carbons (Fsp3) is 1.00. The first-order chi connectivity index (χ1) is 6.72. The Hall–Kier alpha value is -0.0800. The van der Waals surface area contributed by atoms with Crippen LogP contribution in [0.25, 0.3) is 0 Å². The molecule has 14 heavy (non-hydrogen) atoms. The number of aliphatic hydroxyl groups is 1. The summed E-state index contributed by atoms with van der Waals surface area (Å²) in [5, 5.41) is 8.94. The Morgan fingerprint density at radius 2 is 1.79 bits per heavy atom. The third-order valence-corrected chi connectivity index (χ3v) is 4.17. The lowest BCUT2D eigenvalue weighted by molar-refractivity contribution is 0.0686. The van der Waals surface area contributed by atoms with Crippen molar-refractivity contribution in [1.82, 2.24) is 4.90 Å². The Bertz CT molecular complexity index is 179. The standard InChI is InChI=1S/C12H23NO/c1-9(2)12-10-3-4-11(12)8-13(7-10)5-6-14/h9-12,14H,3-8H2,1-2H3/t10-,11+,12?. The maximum Gasteiger partial charge on any atom is 0.0558 e. The zero-order valence-corrected chi connectivity index (χ0v) is 9.45. The highest BCUT2D eigenvalue weighted by Crippen LogP contribution is 2.45. The van der Waals surface area contributed by atoms with Crippen LogP contribution in [0.15, 0.2) is 0 Å². The molecule has 0 aromatic rings. The molecule has 1 N–H and O–H groups in total. The summed E-state index contributed by atoms with van der Waals surface area (Å²) < 4.78 is 0. The summed E-state index contributed by atoms with van der Waals surface area (Å²) in [6, 6.07) is 0. The van der Waals surface area contributed by atoms with Gasteiger partial charge in [0.2, 0.25) is 0 Å². The fourth-order valence-electron chi connectivity index (χ4n) is 3.77. The van der Waals surface area contributed by atoms with Crippen LogP contribution in [0.1, 0.15) is 26.7 Å². The van der Waals surface area contributed by atoms with Crippen molar-refractivity contribution in [2.45, 2.75) is 26.7 Å². The topological polar surface area (TPSA) is 23.5 Å². The molecule has 1 unspecified atom stereocenters. The van der Waals surface area contributed by atoms with E-state index in [1.54, 1.807) is 0 Å². The molecule has 3 atom stereocenters. The van der Waals surface area contributed by atoms with Crippen LogP contribution < -0.4 is 0 Å². The van der Waals surface area contributed by atoms with E-state index >= 15 is 0 Å². The maximum absolute atomic E-state index is 8.94. The first-order valence-corrected chi connectivity index (χ1v) is 6.05. The summed E-state index contributed by atoms with van der Waals surface area (Å²) in [5.41, 5.74) is 0. The highest BCUT2D eigenvalue weighted by molar-refractivity contribution is 4.93. The van der Waals surface area contributed by atoms with Gasteiger partial charge >= 0.3 is 0 Å². The number of aliphatic hydroxyl groups excluding tert-OH is 1. The summed E-state index contributed by atoms with van der Waals surface area (Å²) in [6.45, 7) is 8.43. The molecule has 2 rings (SSSR count). The van der Waals surface area contributed by atoms with Gasteiger partial charge in [-0.2, -0.15) is 0 Å². The molecule has 1 aliphatic carbocycles. The predicted molar refractivity (Wildman–Crippen MR) is 58.1 cm³/mol. The zero-order chi connectivity index (χ0) is 10.1. The number of hydrogen-bond donors (Lipinski definition) is 1. The van der Waals surface area contributed by atoms with Gasteiger partial charge in [-0.3, -0.25) is 0 Å². The van der Waals surface area contributed by atoms with E-state index in [0.29, 0.717) is 6.61 Å². The summed E-state index contributed by atoms with van der Waals surface area (Å²) in [6.07, 6.45) is 2.85. The van der Waals surface area contributed by atoms with Crippen LogP contribution in [0.4, 0.5) is 0 Å². The minimum atomic E-state index is 0.325. The third-order valence-electron chi connectivity index (χ3n) is 4.17. The fourth-order valence-corrected chi connectivity index (χ4v) is 3.77. The lowest BCUT2D eigenvalue weighted by atomic mass is 9.77. The van der Waals surface area contributed by atoms with Crippen molar-refractivity contribution < 1.29 is 5.11 Å². The summed E-state index contributed by atoms with van der Waals surface area (Å²) in [7, 11) is 0. The van der Waals surface area contributed by atoms with Gasteiger partial charge in [-0.1, -0.05) is 13.8 Å². The lowest BCUT2D eigenvalue weighted by Crippen LogP contribution is -2.44. The molecular formula is C12H23NO. The minimum Gasteiger partial charge on any atom is -0.395 e. The number of hydrogen-bond acceptors (Lipinski definition) is 2. The first-order valence-electron chi connectivity index (χ1n) is 6.05. The zero-order valence-electron chi connectivity index (χ0n) is 9.45. The quantitative estimate of drug-likeness (QED) is 0.743. The van der Waals surface area contributed by atoms with E-state index in [9.17, 15) is 0 Å². The Labute approximate surface area is 87.3 Å². The monoisotopic (exact) mass is 197 g/mol. The van der Waals surface area contributed by atoms with Crippen molar-refractivity contribution in [3.8, 4) is 0 Å². The molecule has 2 heteroatoms. The van der Waals surface area contributed by atoms with E-state index < -0.39 is 0 Å². The molecular weight excluding hydrogens is 174 g/mol. The van der Waals surface area contributed by atoms with Crippen molar-refractivity contribution in [3.63, 3.8) is 0 Å². The van der Waals surface area contributed by atoms with Crippen molar-refractivity contribution >= 4 is 0 Å². The molecule has 82 valence electrons. The average molecular weight is 197 g/mol. The normalized spacial score (nSPS) is 38.1. The van der Waals surface area contributed by atoms with Crippen LogP contribution >= 0.6 is 0 Å². The second-order valence-corrected chi connectivity index (χ2v) is 5.40. The number of likely N-dealkylation sites (tertiary alicyclic amines) is 1. The molecule has 1 aliphatic heterocycles. The highest BCUT2D eigenvalue weighted by atomic mass is 16.3. The summed E-state index contributed by atoms with van der Waals surface area (Å²) in [4.78, 5) is 2.46. The molecule has 0 aromatic heterocycles. The summed E-state index contributed by atoms with van der Waals surface area (Å²) in [5.74, 6) is 3.65. The molecule has 0 amide bonds. The van der Waals surface area contributed by atoms with Crippen LogP contribution in [0.5, 0.6) is 0 Å². The number of β-amino-alcohol motifs (C(OH)–C–C–N with tert-alkyl or cyclic N) is 1. The highest BCUT2D eigenvalue weighted by Gasteiger charge is 2.42. The summed E-state index contributed by atoms with van der Waals surface area (Å²) >= 11 is 0. The number of piperidine rings is 1. The predicted octanol–water partition coefficient (Wildman–Crippen LogP) is 1.59. The minimum absolute atomic E-state index is 0.325. The molecule has 2 aliphatic rings. The molecule has 1 saturated heterocycles. The van der Waals surface area contributed by atoms with E-state index in [1.807, 2.05) is 0 Å². The molecule has 2 fully saturated rings. The van der Waals surface area contributed by atoms with E-state index in [1.165, 1.54) is 25.9 Å². The number of nitrogens with zero attached hydrogens (tertiary/aromatic N) is 1. The molecule has 1 saturated carbocycles. The maximum atomic E-state index is 8.94. The third kappa shape index (κ3) is 1.82. The SMILES string of the molecule is CC(C)C1[C@@H]2CC[C@H]1CN(CCO)C2. The molecule has 2 bridgehead atoms. The lowest BCUT2D eigenvalue weighted by Gasteiger charge is -2.39. The Morgan fingerprint density at radius 1 is 1.21 bits per heavy atom. The van der Waals surface area contributed by atoms with Crippen LogP contribution in [0, 0.1) is 23.7 Å². The molecule has 2 nitrogen and oxygen atoms in total. The van der Waals surface area contributed by atoms with Gasteiger partial charge in [-0.25, -0.2) is 0 Å². The molecule has 0 radical (unpaired) electrons. The van der Waals surface area contributed by atoms with Crippen LogP contribution in [-0.4, -0.2) is 36.2 Å². The van der Waals surface area contributed by atoms with E-state index in [2.05, 4.69) is 18.7 Å². The van der Waals surface area contributed by atoms with Crippen molar-refractivity contribution in [2.24, 2.45) is 23.7 Å². The van der Waals surface area contributed by atoms with Crippen LogP contribution in [0.3, 0.4) is 0 Å². The van der Waals surface area contributed by atoms with Crippen LogP contribution in [-0.2, 0) is 0 Å². The number of rotatable bonds is 3. The van der Waals surface area contributed by atoms with E-state index in [-0.39, 0.29) is 0 Å². The van der Waals surface area contributed by atoms with E-state index in [0.717, 1.165) is 30.2 Å². The van der Waals surface area contributed by atoms with Gasteiger partial charge in [-0.15, -0.1) is 0 Å². The van der Waals surface area contributed by atoms with Gasteiger partial charge < -0.3 is 10.0 Å². The van der Waals surface area contributed by atoms with Gasteiger partial charge in [0.15, 0.2) is 0 Å². The van der Waals surface area contributed by atoms with Crippen molar-refractivity contribution in [2.75, 3.05) is 26.2 Å². The van der Waals surface area contributed by atoms with Gasteiger partial charge in [-0.05, 0) is 36.5 Å². The van der Waals surface area contributed by atoms with Gasteiger partial charge in [0.1, 0.15) is 0 Å². The smallest absolute Gasteiger partial charge is 0.0558 e. The second-order valence-electron chi connectivity index (χ2n) is 5.40. The van der Waals surface area contributed by atoms with Gasteiger partial charge in [0.25, 0.3) is 0 Å². The van der Waals surface area contributed by atoms with Crippen molar-refractivity contribution in [1.29, 1.82) is 0 Å². The first kappa shape index (κ1) is 10.4. The molecule has 1 heterocycles. The van der Waals surface area contributed by atoms with Crippen LogP contribution in [0.2, 0.25) is 0 Å². The van der Waals surface area contributed by atoms with Gasteiger partial charge in [0.05, 0.1) is 6.61 Å². The Balaban J connectivity index is 1.97. The van der Waals surface area contributed by atoms with E-state index in [4.69, 9.17) is 5.11 Å². The van der Waals surface area contributed by atoms with Gasteiger partial charge in [0, 0.05) is 19.6 Å². The molecule has 0 aromatic carbocycles. The Morgan fingerprint density at radius 3 is 2.21 bits per heavy atom. The number of fused-ring (bicyclic) bond motifs is 2.